The summed E-state index contributed by atoms with van der Waals surface area (Å²) in [6.07, 6.45) is 13.9. The maximum Gasteiger partial charge on any atom is 0.343 e. The summed E-state index contributed by atoms with van der Waals surface area (Å²) in [5.41, 5.74) is 0.580. The number of benzene rings is 3. The predicted octanol–water partition coefficient (Wildman–Crippen LogP) is 11.3. The van der Waals surface area contributed by atoms with Crippen LogP contribution in [0, 0.1) is 5.92 Å². The molecule has 0 radical (unpaired) electrons. The molecule has 2 atom stereocenters. The monoisotopic (exact) mass is 586 g/mol. The predicted molar refractivity (Wildman–Crippen MR) is 179 cm³/mol. The first-order valence-corrected chi connectivity index (χ1v) is 17.3. The summed E-state index contributed by atoms with van der Waals surface area (Å²) in [4.78, 5) is 13.1. The fraction of sp³-hybridized carbons (Fsp3) is 0.432. The number of carbonyl (C=O) groups excluding carboxylic acids is 1. The Morgan fingerprint density at radius 2 is 1.40 bits per heavy atom. The highest BCUT2D eigenvalue weighted by atomic mass is 31.1. The summed E-state index contributed by atoms with van der Waals surface area (Å²) in [7, 11) is -0.548. The summed E-state index contributed by atoms with van der Waals surface area (Å²) in [5, 5.41) is 5.05. The molecule has 0 aliphatic carbocycles. The van der Waals surface area contributed by atoms with Gasteiger partial charge in [0.2, 0.25) is 0 Å². The lowest BCUT2D eigenvalue weighted by Gasteiger charge is -2.11. The molecular formula is C37H47O4P. The second-order valence-electron chi connectivity index (χ2n) is 11.2. The van der Waals surface area contributed by atoms with Crippen molar-refractivity contribution in [2.24, 2.45) is 5.92 Å². The van der Waals surface area contributed by atoms with Crippen LogP contribution in [-0.4, -0.2) is 19.2 Å². The Balaban J connectivity index is 1.32. The lowest BCUT2D eigenvalue weighted by Crippen LogP contribution is -2.08. The topological polar surface area (TPSA) is 44.8 Å². The normalized spacial score (nSPS) is 12.4. The molecule has 5 heteroatoms. The number of rotatable bonds is 18. The van der Waals surface area contributed by atoms with Gasteiger partial charge in [0.1, 0.15) is 17.2 Å². The van der Waals surface area contributed by atoms with Crippen molar-refractivity contribution in [3.8, 4) is 17.2 Å². The van der Waals surface area contributed by atoms with E-state index in [0.717, 1.165) is 43.5 Å². The van der Waals surface area contributed by atoms with Gasteiger partial charge in [0.05, 0.1) is 18.8 Å². The molecule has 0 amide bonds. The molecule has 4 rings (SSSR count). The van der Waals surface area contributed by atoms with Gasteiger partial charge in [-0.15, -0.1) is 14.1 Å². The SMILES string of the molecule is C=CCCCCCCCCCOc1ccc(OC(=O)c2ccc3c4ccc(OC[C@@H](C)CC)cc4p(CC)c3c2)cc1. The van der Waals surface area contributed by atoms with Crippen molar-refractivity contribution in [2.75, 3.05) is 13.2 Å². The molecule has 0 spiro atoms. The molecule has 0 aliphatic heterocycles. The third kappa shape index (κ3) is 8.65. The van der Waals surface area contributed by atoms with Gasteiger partial charge >= 0.3 is 5.97 Å². The molecule has 4 nitrogen and oxygen atoms in total. The highest BCUT2D eigenvalue weighted by Gasteiger charge is 2.16. The van der Waals surface area contributed by atoms with Gasteiger partial charge in [0.25, 0.3) is 0 Å². The number of hydrogen-bond donors (Lipinski definition) is 0. The molecule has 0 saturated carbocycles. The van der Waals surface area contributed by atoms with E-state index in [-0.39, 0.29) is 5.97 Å². The minimum atomic E-state index is -0.548. The number of fused-ring (bicyclic) bond motifs is 3. The van der Waals surface area contributed by atoms with Crippen molar-refractivity contribution in [3.05, 3.63) is 78.9 Å². The van der Waals surface area contributed by atoms with E-state index in [1.54, 1.807) is 12.1 Å². The summed E-state index contributed by atoms with van der Waals surface area (Å²) in [6.45, 7) is 11.8. The molecule has 3 aromatic carbocycles. The molecule has 1 heterocycles. The largest absolute Gasteiger partial charge is 0.494 e. The number of aryl methyl sites for hydroxylation is 1. The third-order valence-electron chi connectivity index (χ3n) is 7.98. The van der Waals surface area contributed by atoms with Crippen molar-refractivity contribution >= 4 is 34.5 Å². The number of esters is 1. The number of carbonyl (C=O) groups is 1. The first-order chi connectivity index (χ1) is 20.5. The lowest BCUT2D eigenvalue weighted by atomic mass is 10.1. The van der Waals surface area contributed by atoms with Crippen molar-refractivity contribution in [1.82, 2.24) is 0 Å². The molecular weight excluding hydrogens is 539 g/mol. The smallest absolute Gasteiger partial charge is 0.343 e. The standard InChI is InChI=1S/C37H47O4P/c1-5-8-9-10-11-12-13-14-15-24-39-30-17-19-31(20-18-30)41-37(38)29-16-22-33-34-23-21-32(40-27-28(4)6-2)26-36(34)42(7-3)35(33)25-29/h5,16-23,25-26,28H,1,6-15,24,27H2,2-4H3/t28-,42?/m0/s1. The summed E-state index contributed by atoms with van der Waals surface area (Å²) >= 11 is 0. The van der Waals surface area contributed by atoms with Gasteiger partial charge < -0.3 is 14.2 Å². The Labute approximate surface area is 253 Å². The molecule has 42 heavy (non-hydrogen) atoms. The Morgan fingerprint density at radius 3 is 2.10 bits per heavy atom. The van der Waals surface area contributed by atoms with Crippen LogP contribution in [0.2, 0.25) is 0 Å². The van der Waals surface area contributed by atoms with Crippen LogP contribution in [0.4, 0.5) is 0 Å². The molecule has 0 saturated heterocycles. The van der Waals surface area contributed by atoms with Gasteiger partial charge in [0.15, 0.2) is 0 Å². The molecule has 0 bridgehead atoms. The molecule has 0 fully saturated rings. The van der Waals surface area contributed by atoms with Crippen LogP contribution >= 0.6 is 7.53 Å². The Bertz CT molecular complexity index is 1440. The van der Waals surface area contributed by atoms with Gasteiger partial charge in [-0.1, -0.05) is 71.4 Å². The first-order valence-electron chi connectivity index (χ1n) is 15.8. The van der Waals surface area contributed by atoms with Gasteiger partial charge in [-0.2, -0.15) is 0 Å². The van der Waals surface area contributed by atoms with E-state index < -0.39 is 7.53 Å². The van der Waals surface area contributed by atoms with Crippen LogP contribution in [0.25, 0.3) is 21.0 Å². The minimum Gasteiger partial charge on any atom is -0.494 e. The summed E-state index contributed by atoms with van der Waals surface area (Å²) < 4.78 is 17.7. The van der Waals surface area contributed by atoms with Crippen LogP contribution in [-0.2, 0) is 6.16 Å². The van der Waals surface area contributed by atoms with E-state index in [1.807, 2.05) is 30.3 Å². The minimum absolute atomic E-state index is 0.337. The van der Waals surface area contributed by atoms with Crippen LogP contribution < -0.4 is 14.2 Å². The number of allylic oxidation sites excluding steroid dienone is 1. The maximum atomic E-state index is 13.1. The van der Waals surface area contributed by atoms with E-state index >= 15 is 0 Å². The molecule has 224 valence electrons. The number of unbranched alkanes of at least 4 members (excludes halogenated alkanes) is 7. The van der Waals surface area contributed by atoms with Crippen LogP contribution in [0.15, 0.2) is 73.3 Å². The quantitative estimate of drug-likeness (QED) is 0.0503. The van der Waals surface area contributed by atoms with Crippen molar-refractivity contribution in [1.29, 1.82) is 0 Å². The van der Waals surface area contributed by atoms with Crippen molar-refractivity contribution in [3.63, 3.8) is 0 Å². The highest BCUT2D eigenvalue weighted by Crippen LogP contribution is 2.50. The van der Waals surface area contributed by atoms with E-state index in [9.17, 15) is 4.79 Å². The van der Waals surface area contributed by atoms with Crippen LogP contribution in [0.1, 0.15) is 88.9 Å². The molecule has 0 aliphatic rings. The van der Waals surface area contributed by atoms with Crippen LogP contribution in [0.3, 0.4) is 0 Å². The van der Waals surface area contributed by atoms with Gasteiger partial charge in [0, 0.05) is 10.2 Å². The average molecular weight is 587 g/mol. The van der Waals surface area contributed by atoms with E-state index in [2.05, 4.69) is 51.6 Å². The first kappa shape index (κ1) is 31.7. The molecule has 0 N–H and O–H groups in total. The van der Waals surface area contributed by atoms with Crippen molar-refractivity contribution in [2.45, 2.75) is 84.7 Å². The Hall–Kier alpha value is -3.23. The van der Waals surface area contributed by atoms with Crippen LogP contribution in [0.5, 0.6) is 17.2 Å². The second-order valence-corrected chi connectivity index (χ2v) is 13.7. The maximum absolute atomic E-state index is 13.1. The zero-order valence-electron chi connectivity index (χ0n) is 25.7. The molecule has 1 aromatic heterocycles. The Kier molecular flexibility index (Phi) is 12.4. The zero-order chi connectivity index (χ0) is 29.7. The van der Waals surface area contributed by atoms with E-state index in [4.69, 9.17) is 14.2 Å². The van der Waals surface area contributed by atoms with Gasteiger partial charge in [-0.3, -0.25) is 0 Å². The fourth-order valence-electron chi connectivity index (χ4n) is 5.22. The van der Waals surface area contributed by atoms with Crippen molar-refractivity contribution < 1.29 is 19.0 Å². The Morgan fingerprint density at radius 1 is 0.786 bits per heavy atom. The molecule has 1 unspecified atom stereocenters. The third-order valence-corrected chi connectivity index (χ3v) is 10.5. The van der Waals surface area contributed by atoms with E-state index in [1.165, 1.54) is 59.5 Å². The van der Waals surface area contributed by atoms with Gasteiger partial charge in [-0.05, 0) is 96.7 Å². The number of hydrogen-bond acceptors (Lipinski definition) is 4. The zero-order valence-corrected chi connectivity index (χ0v) is 26.6. The van der Waals surface area contributed by atoms with E-state index in [0.29, 0.717) is 23.8 Å². The number of ether oxygens (including phenoxy) is 3. The average Bonchev–Trinajstić information content (AvgIpc) is 3.33. The summed E-state index contributed by atoms with van der Waals surface area (Å²) in [5.74, 6) is 2.45. The highest BCUT2D eigenvalue weighted by molar-refractivity contribution is 7.60. The fourth-order valence-corrected chi connectivity index (χ4v) is 7.71. The lowest BCUT2D eigenvalue weighted by molar-refractivity contribution is 0.0734. The second kappa shape index (κ2) is 16.4. The molecule has 4 aromatic rings. The summed E-state index contributed by atoms with van der Waals surface area (Å²) in [6, 6.07) is 19.8. The van der Waals surface area contributed by atoms with Gasteiger partial charge in [-0.25, -0.2) is 4.79 Å².